The van der Waals surface area contributed by atoms with Crippen molar-refractivity contribution in [2.24, 2.45) is 5.10 Å². The van der Waals surface area contributed by atoms with Crippen molar-refractivity contribution in [3.63, 3.8) is 0 Å². The summed E-state index contributed by atoms with van der Waals surface area (Å²) in [6, 6.07) is 8.53. The highest BCUT2D eigenvalue weighted by Crippen LogP contribution is 2.22. The quantitative estimate of drug-likeness (QED) is 0.769. The lowest BCUT2D eigenvalue weighted by molar-refractivity contribution is -0.149. The second-order valence-corrected chi connectivity index (χ2v) is 4.18. The highest BCUT2D eigenvalue weighted by molar-refractivity contribution is 6.45. The van der Waals surface area contributed by atoms with Gasteiger partial charge in [0.15, 0.2) is 5.71 Å². The highest BCUT2D eigenvalue weighted by Gasteiger charge is 2.43. The maximum Gasteiger partial charge on any atom is 0.359 e. The molecular formula is C14H14N2O5. The average molecular weight is 290 g/mol. The fourth-order valence-electron chi connectivity index (χ4n) is 1.82. The Morgan fingerprint density at radius 2 is 1.95 bits per heavy atom. The summed E-state index contributed by atoms with van der Waals surface area (Å²) in [6.45, 7) is 2.91. The summed E-state index contributed by atoms with van der Waals surface area (Å²) >= 11 is 0. The maximum absolute atomic E-state index is 12.3. The molecule has 0 bridgehead atoms. The Hall–Kier alpha value is -2.70. The minimum Gasteiger partial charge on any atom is -0.461 e. The molecule has 7 heteroatoms. The van der Waals surface area contributed by atoms with Gasteiger partial charge in [-0.3, -0.25) is 9.59 Å². The summed E-state index contributed by atoms with van der Waals surface area (Å²) < 4.78 is 9.72. The van der Waals surface area contributed by atoms with Crippen LogP contribution in [0, 0.1) is 0 Å². The van der Waals surface area contributed by atoms with Gasteiger partial charge in [-0.2, -0.15) is 10.1 Å². The number of anilines is 1. The molecular weight excluding hydrogens is 276 g/mol. The minimum absolute atomic E-state index is 0.129. The van der Waals surface area contributed by atoms with Crippen molar-refractivity contribution in [2.75, 3.05) is 11.6 Å². The van der Waals surface area contributed by atoms with Gasteiger partial charge < -0.3 is 9.47 Å². The smallest absolute Gasteiger partial charge is 0.359 e. The number of para-hydroxylation sites is 1. The zero-order valence-corrected chi connectivity index (χ0v) is 11.6. The predicted molar refractivity (Wildman–Crippen MR) is 73.6 cm³/mol. The van der Waals surface area contributed by atoms with Gasteiger partial charge in [0.25, 0.3) is 5.91 Å². The molecule has 1 atom stereocenters. The lowest BCUT2D eigenvalue weighted by Crippen LogP contribution is -2.38. The lowest BCUT2D eigenvalue weighted by atomic mass is 10.2. The molecule has 1 aromatic carbocycles. The molecule has 0 N–H and O–H groups in total. The lowest BCUT2D eigenvalue weighted by Gasteiger charge is -2.13. The van der Waals surface area contributed by atoms with Crippen LogP contribution < -0.4 is 5.01 Å². The number of benzene rings is 1. The number of carbonyl (C=O) groups is 3. The largest absolute Gasteiger partial charge is 0.461 e. The van der Waals surface area contributed by atoms with E-state index in [-0.39, 0.29) is 12.3 Å². The number of ether oxygens (including phenoxy) is 2. The molecule has 1 amide bonds. The zero-order chi connectivity index (χ0) is 15.4. The van der Waals surface area contributed by atoms with E-state index >= 15 is 0 Å². The van der Waals surface area contributed by atoms with Crippen molar-refractivity contribution in [1.82, 2.24) is 0 Å². The van der Waals surface area contributed by atoms with Crippen molar-refractivity contribution in [3.05, 3.63) is 30.3 Å². The molecule has 0 spiro atoms. The van der Waals surface area contributed by atoms with Crippen LogP contribution in [0.25, 0.3) is 0 Å². The van der Waals surface area contributed by atoms with Gasteiger partial charge in [0.1, 0.15) is 0 Å². The van der Waals surface area contributed by atoms with E-state index in [9.17, 15) is 14.4 Å². The standard InChI is InChI=1S/C14H14N2O5/c1-3-20-14(19)11-12(21-9(2)17)13(18)16(15-11)10-7-5-4-6-8-10/h4-8,12H,3H2,1-2H3. The SMILES string of the molecule is CCOC(=O)C1=NN(c2ccccc2)C(=O)C1OC(C)=O. The molecule has 1 heterocycles. The molecule has 110 valence electrons. The first-order chi connectivity index (χ1) is 10.0. The molecule has 0 fully saturated rings. The first-order valence-corrected chi connectivity index (χ1v) is 6.36. The van der Waals surface area contributed by atoms with Crippen molar-refractivity contribution in [2.45, 2.75) is 20.0 Å². The Kier molecular flexibility index (Phi) is 4.32. The minimum atomic E-state index is -1.37. The molecule has 0 aromatic heterocycles. The van der Waals surface area contributed by atoms with Crippen LogP contribution in [-0.2, 0) is 23.9 Å². The topological polar surface area (TPSA) is 85.3 Å². The van der Waals surface area contributed by atoms with Crippen LogP contribution in [0.3, 0.4) is 0 Å². The van der Waals surface area contributed by atoms with Crippen LogP contribution in [0.2, 0.25) is 0 Å². The van der Waals surface area contributed by atoms with Crippen LogP contribution in [0.5, 0.6) is 0 Å². The number of esters is 2. The van der Waals surface area contributed by atoms with E-state index in [1.54, 1.807) is 37.3 Å². The summed E-state index contributed by atoms with van der Waals surface area (Å²) in [6.07, 6.45) is -1.37. The molecule has 1 aromatic rings. The fourth-order valence-corrected chi connectivity index (χ4v) is 1.82. The summed E-state index contributed by atoms with van der Waals surface area (Å²) in [5.74, 6) is -2.07. The molecule has 7 nitrogen and oxygen atoms in total. The monoisotopic (exact) mass is 290 g/mol. The van der Waals surface area contributed by atoms with Crippen LogP contribution >= 0.6 is 0 Å². The number of hydrogen-bond acceptors (Lipinski definition) is 6. The van der Waals surface area contributed by atoms with Crippen LogP contribution in [0.1, 0.15) is 13.8 Å². The van der Waals surface area contributed by atoms with E-state index in [4.69, 9.17) is 9.47 Å². The fraction of sp³-hybridized carbons (Fsp3) is 0.286. The number of nitrogens with zero attached hydrogens (tertiary/aromatic N) is 2. The third-order valence-electron chi connectivity index (χ3n) is 2.66. The van der Waals surface area contributed by atoms with Gasteiger partial charge in [-0.25, -0.2) is 4.79 Å². The molecule has 2 rings (SSSR count). The third kappa shape index (κ3) is 3.07. The van der Waals surface area contributed by atoms with Gasteiger partial charge in [0.05, 0.1) is 12.3 Å². The van der Waals surface area contributed by atoms with Crippen LogP contribution in [0.4, 0.5) is 5.69 Å². The van der Waals surface area contributed by atoms with E-state index in [0.717, 1.165) is 11.9 Å². The first kappa shape index (κ1) is 14.7. The summed E-state index contributed by atoms with van der Waals surface area (Å²) in [5, 5.41) is 4.97. The summed E-state index contributed by atoms with van der Waals surface area (Å²) in [5.41, 5.74) is 0.236. The maximum atomic E-state index is 12.3. The molecule has 0 saturated heterocycles. The molecule has 1 unspecified atom stereocenters. The second-order valence-electron chi connectivity index (χ2n) is 4.18. The van der Waals surface area contributed by atoms with Gasteiger partial charge in [-0.15, -0.1) is 0 Å². The van der Waals surface area contributed by atoms with E-state index in [0.29, 0.717) is 5.69 Å². The Morgan fingerprint density at radius 1 is 1.29 bits per heavy atom. The van der Waals surface area contributed by atoms with E-state index in [1.807, 2.05) is 0 Å². The number of carbonyl (C=O) groups excluding carboxylic acids is 3. The zero-order valence-electron chi connectivity index (χ0n) is 11.6. The van der Waals surface area contributed by atoms with Gasteiger partial charge in [0.2, 0.25) is 6.10 Å². The van der Waals surface area contributed by atoms with Crippen LogP contribution in [-0.4, -0.2) is 36.3 Å². The summed E-state index contributed by atoms with van der Waals surface area (Å²) in [7, 11) is 0. The number of hydrogen-bond donors (Lipinski definition) is 0. The first-order valence-electron chi connectivity index (χ1n) is 6.36. The Balaban J connectivity index is 2.34. The normalized spacial score (nSPS) is 17.4. The molecule has 1 aliphatic heterocycles. The molecule has 0 aliphatic carbocycles. The van der Waals surface area contributed by atoms with Gasteiger partial charge in [-0.05, 0) is 19.1 Å². The van der Waals surface area contributed by atoms with E-state index < -0.39 is 23.9 Å². The van der Waals surface area contributed by atoms with Gasteiger partial charge >= 0.3 is 11.9 Å². The number of amides is 1. The number of hydrazone groups is 1. The molecule has 0 radical (unpaired) electrons. The Morgan fingerprint density at radius 3 is 2.52 bits per heavy atom. The second kappa shape index (κ2) is 6.17. The van der Waals surface area contributed by atoms with Crippen molar-refractivity contribution >= 4 is 29.2 Å². The third-order valence-corrected chi connectivity index (χ3v) is 2.66. The van der Waals surface area contributed by atoms with Crippen molar-refractivity contribution in [1.29, 1.82) is 0 Å². The molecule has 21 heavy (non-hydrogen) atoms. The number of rotatable bonds is 4. The predicted octanol–water partition coefficient (Wildman–Crippen LogP) is 0.884. The average Bonchev–Trinajstić information content (AvgIpc) is 2.77. The molecule has 1 aliphatic rings. The van der Waals surface area contributed by atoms with Gasteiger partial charge in [0, 0.05) is 6.92 Å². The van der Waals surface area contributed by atoms with Crippen LogP contribution in [0.15, 0.2) is 35.4 Å². The van der Waals surface area contributed by atoms with Crippen molar-refractivity contribution in [3.8, 4) is 0 Å². The highest BCUT2D eigenvalue weighted by atomic mass is 16.6. The summed E-state index contributed by atoms with van der Waals surface area (Å²) in [4.78, 5) is 35.2. The van der Waals surface area contributed by atoms with Gasteiger partial charge in [-0.1, -0.05) is 18.2 Å². The molecule has 0 saturated carbocycles. The van der Waals surface area contributed by atoms with E-state index in [2.05, 4.69) is 5.10 Å². The Labute approximate surface area is 121 Å². The van der Waals surface area contributed by atoms with E-state index in [1.165, 1.54) is 0 Å². The Bertz CT molecular complexity index is 597. The van der Waals surface area contributed by atoms with Crippen molar-refractivity contribution < 1.29 is 23.9 Å².